The van der Waals surface area contributed by atoms with Crippen molar-refractivity contribution in [3.05, 3.63) is 47.7 Å². The van der Waals surface area contributed by atoms with Crippen molar-refractivity contribution in [1.29, 1.82) is 0 Å². The fraction of sp³-hybridized carbons (Fsp3) is 0.471. The molecule has 2 aliphatic rings. The minimum atomic E-state index is -1.36. The molecule has 20 heavy (non-hydrogen) atoms. The lowest BCUT2D eigenvalue weighted by molar-refractivity contribution is -0.120. The van der Waals surface area contributed by atoms with E-state index < -0.39 is 8.07 Å². The van der Waals surface area contributed by atoms with Crippen molar-refractivity contribution in [3.63, 3.8) is 0 Å². The molecule has 1 fully saturated rings. The first-order chi connectivity index (χ1) is 9.45. The van der Waals surface area contributed by atoms with E-state index in [2.05, 4.69) is 55.0 Å². The average molecular weight is 285 g/mol. The van der Waals surface area contributed by atoms with Gasteiger partial charge in [-0.05, 0) is 23.8 Å². The van der Waals surface area contributed by atoms with Crippen LogP contribution in [0.5, 0.6) is 0 Å². The molecule has 0 radical (unpaired) electrons. The van der Waals surface area contributed by atoms with Crippen molar-refractivity contribution in [2.24, 2.45) is 5.92 Å². The van der Waals surface area contributed by atoms with E-state index in [4.69, 9.17) is 0 Å². The number of carbonyl (C=O) groups is 1. The van der Waals surface area contributed by atoms with Gasteiger partial charge in [0.05, 0.1) is 14.0 Å². The highest BCUT2D eigenvalue weighted by molar-refractivity contribution is 6.80. The van der Waals surface area contributed by atoms with E-state index in [1.807, 2.05) is 6.07 Å². The number of nitrogens with zero attached hydrogens (tertiary/aromatic N) is 1. The Morgan fingerprint density at radius 3 is 2.50 bits per heavy atom. The molecular formula is C17H23NOSi. The SMILES string of the molecule is C[Si](C)(C)C1CC2=CN(Cc3ccccc3)CC2C1=O. The topological polar surface area (TPSA) is 20.3 Å². The molecule has 0 amide bonds. The van der Waals surface area contributed by atoms with Gasteiger partial charge in [0.2, 0.25) is 0 Å². The number of benzene rings is 1. The molecule has 106 valence electrons. The number of hydrogen-bond acceptors (Lipinski definition) is 2. The predicted molar refractivity (Wildman–Crippen MR) is 85.1 cm³/mol. The molecule has 1 heterocycles. The number of carbonyl (C=O) groups excluding carboxylic acids is 1. The third-order valence-corrected chi connectivity index (χ3v) is 7.19. The highest BCUT2D eigenvalue weighted by Crippen LogP contribution is 2.45. The Kier molecular flexibility index (Phi) is 3.33. The molecule has 1 saturated carbocycles. The maximum absolute atomic E-state index is 12.6. The predicted octanol–water partition coefficient (Wildman–Crippen LogP) is 3.68. The molecule has 0 bridgehead atoms. The van der Waals surface area contributed by atoms with Crippen LogP contribution in [0.3, 0.4) is 0 Å². The molecule has 0 spiro atoms. The van der Waals surface area contributed by atoms with Gasteiger partial charge in [0.1, 0.15) is 5.78 Å². The second-order valence-corrected chi connectivity index (χ2v) is 12.6. The summed E-state index contributed by atoms with van der Waals surface area (Å²) in [5.41, 5.74) is 3.05. The monoisotopic (exact) mass is 285 g/mol. The maximum Gasteiger partial charge on any atom is 0.142 e. The van der Waals surface area contributed by atoms with Crippen LogP contribution in [0.15, 0.2) is 42.1 Å². The Morgan fingerprint density at radius 1 is 1.20 bits per heavy atom. The largest absolute Gasteiger partial charge is 0.372 e. The van der Waals surface area contributed by atoms with Crippen molar-refractivity contribution < 1.29 is 4.79 Å². The molecule has 0 N–H and O–H groups in total. The Morgan fingerprint density at radius 2 is 1.90 bits per heavy atom. The summed E-state index contributed by atoms with van der Waals surface area (Å²) in [7, 11) is -1.36. The van der Waals surface area contributed by atoms with Crippen molar-refractivity contribution in [2.75, 3.05) is 6.54 Å². The van der Waals surface area contributed by atoms with Crippen LogP contribution in [0.2, 0.25) is 25.2 Å². The van der Waals surface area contributed by atoms with Gasteiger partial charge in [-0.2, -0.15) is 0 Å². The number of ketones is 1. The summed E-state index contributed by atoms with van der Waals surface area (Å²) in [6, 6.07) is 10.5. The lowest BCUT2D eigenvalue weighted by Crippen LogP contribution is -2.34. The number of rotatable bonds is 3. The van der Waals surface area contributed by atoms with Gasteiger partial charge in [0.25, 0.3) is 0 Å². The third kappa shape index (κ3) is 2.47. The molecule has 1 aliphatic heterocycles. The van der Waals surface area contributed by atoms with E-state index >= 15 is 0 Å². The normalized spacial score (nSPS) is 25.9. The molecule has 1 aromatic carbocycles. The fourth-order valence-corrected chi connectivity index (χ4v) is 5.34. The minimum absolute atomic E-state index is 0.190. The summed E-state index contributed by atoms with van der Waals surface area (Å²) in [4.78, 5) is 14.9. The molecular weight excluding hydrogens is 262 g/mol. The molecule has 2 atom stereocenters. The number of Topliss-reactive ketones (excluding diaryl/α,β-unsaturated/α-hetero) is 1. The number of hydrogen-bond donors (Lipinski definition) is 0. The van der Waals surface area contributed by atoms with E-state index in [-0.39, 0.29) is 5.92 Å². The first-order valence-corrected chi connectivity index (χ1v) is 11.0. The fourth-order valence-electron chi connectivity index (χ4n) is 3.44. The van der Waals surface area contributed by atoms with Gasteiger partial charge in [-0.15, -0.1) is 0 Å². The summed E-state index contributed by atoms with van der Waals surface area (Å²) < 4.78 is 0. The Bertz CT molecular complexity index is 544. The van der Waals surface area contributed by atoms with Crippen LogP contribution in [0.25, 0.3) is 0 Å². The Hall–Kier alpha value is -1.35. The van der Waals surface area contributed by atoms with E-state index in [0.29, 0.717) is 11.3 Å². The average Bonchev–Trinajstić information content (AvgIpc) is 2.90. The van der Waals surface area contributed by atoms with Gasteiger partial charge in [0, 0.05) is 18.6 Å². The van der Waals surface area contributed by atoms with Crippen LogP contribution in [-0.4, -0.2) is 25.3 Å². The quantitative estimate of drug-likeness (QED) is 0.790. The van der Waals surface area contributed by atoms with Crippen molar-refractivity contribution >= 4 is 13.9 Å². The smallest absolute Gasteiger partial charge is 0.142 e. The lowest BCUT2D eigenvalue weighted by atomic mass is 10.1. The van der Waals surface area contributed by atoms with Crippen molar-refractivity contribution in [1.82, 2.24) is 4.90 Å². The molecule has 1 aromatic rings. The highest BCUT2D eigenvalue weighted by atomic mass is 28.3. The highest BCUT2D eigenvalue weighted by Gasteiger charge is 2.46. The Labute approximate surface area is 122 Å². The molecule has 0 aromatic heterocycles. The van der Waals surface area contributed by atoms with Crippen LogP contribution >= 0.6 is 0 Å². The van der Waals surface area contributed by atoms with Crippen LogP contribution in [0.1, 0.15) is 12.0 Å². The van der Waals surface area contributed by atoms with Gasteiger partial charge in [0.15, 0.2) is 0 Å². The van der Waals surface area contributed by atoms with E-state index in [1.54, 1.807) is 0 Å². The summed E-state index contributed by atoms with van der Waals surface area (Å²) in [6.07, 6.45) is 3.28. The van der Waals surface area contributed by atoms with Gasteiger partial charge in [-0.25, -0.2) is 0 Å². The number of fused-ring (bicyclic) bond motifs is 1. The van der Waals surface area contributed by atoms with Gasteiger partial charge in [-0.3, -0.25) is 4.79 Å². The summed E-state index contributed by atoms with van der Waals surface area (Å²) in [6.45, 7) is 8.77. The molecule has 3 heteroatoms. The molecule has 2 nitrogen and oxygen atoms in total. The van der Waals surface area contributed by atoms with E-state index in [1.165, 1.54) is 11.1 Å². The first kappa shape index (κ1) is 13.6. The molecule has 2 unspecified atom stereocenters. The second-order valence-electron chi connectivity index (χ2n) is 7.20. The van der Waals surface area contributed by atoms with Gasteiger partial charge < -0.3 is 4.90 Å². The van der Waals surface area contributed by atoms with Gasteiger partial charge >= 0.3 is 0 Å². The zero-order valence-corrected chi connectivity index (χ0v) is 13.6. The first-order valence-electron chi connectivity index (χ1n) is 7.47. The zero-order chi connectivity index (χ0) is 14.3. The zero-order valence-electron chi connectivity index (χ0n) is 12.6. The van der Waals surface area contributed by atoms with Crippen LogP contribution in [0, 0.1) is 5.92 Å². The van der Waals surface area contributed by atoms with Crippen molar-refractivity contribution in [3.8, 4) is 0 Å². The molecule has 3 rings (SSSR count). The van der Waals surface area contributed by atoms with E-state index in [9.17, 15) is 4.79 Å². The van der Waals surface area contributed by atoms with Crippen LogP contribution in [-0.2, 0) is 11.3 Å². The summed E-state index contributed by atoms with van der Waals surface area (Å²) in [5, 5.41) is 0. The van der Waals surface area contributed by atoms with Gasteiger partial charge in [-0.1, -0.05) is 50.0 Å². The minimum Gasteiger partial charge on any atom is -0.372 e. The molecule has 0 saturated heterocycles. The summed E-state index contributed by atoms with van der Waals surface area (Å²) in [5.74, 6) is 0.710. The van der Waals surface area contributed by atoms with Crippen LogP contribution < -0.4 is 0 Å². The standard InChI is InChI=1S/C17H23NOSi/c1-20(2,3)16-9-14-11-18(12-15(14)17(16)19)10-13-7-5-4-6-8-13/h4-8,11,15-16H,9-10,12H2,1-3H3. The third-order valence-electron chi connectivity index (χ3n) is 4.61. The maximum atomic E-state index is 12.6. The Balaban J connectivity index is 1.72. The van der Waals surface area contributed by atoms with E-state index in [0.717, 1.165) is 19.5 Å². The second kappa shape index (κ2) is 4.88. The van der Waals surface area contributed by atoms with Crippen molar-refractivity contribution in [2.45, 2.75) is 38.1 Å². The molecule has 1 aliphatic carbocycles. The van der Waals surface area contributed by atoms with Crippen LogP contribution in [0.4, 0.5) is 0 Å². The summed E-state index contributed by atoms with van der Waals surface area (Å²) >= 11 is 0. The lowest BCUT2D eigenvalue weighted by Gasteiger charge is -2.25.